The van der Waals surface area contributed by atoms with Gasteiger partial charge in [0.05, 0.1) is 27.4 Å². The molecule has 2 aromatic carbocycles. The average Bonchev–Trinajstić information content (AvgIpc) is 3.21. The highest BCUT2D eigenvalue weighted by Crippen LogP contribution is 2.33. The lowest BCUT2D eigenvalue weighted by atomic mass is 10.2. The SMILES string of the molecule is CCSc1ccc(C(=O)N(Cc2ccccn2)c2nc3ccc([N+](=O)[O-])cc3s2)cc1. The minimum Gasteiger partial charge on any atom is -0.278 e. The lowest BCUT2D eigenvalue weighted by Crippen LogP contribution is -2.30. The predicted octanol–water partition coefficient (Wildman–Crippen LogP) is 5.56. The number of nitro benzene ring substituents is 1. The number of amides is 1. The van der Waals surface area contributed by atoms with Crippen LogP contribution >= 0.6 is 23.1 Å². The van der Waals surface area contributed by atoms with Crippen LogP contribution in [0.25, 0.3) is 10.2 Å². The fourth-order valence-electron chi connectivity index (χ4n) is 3.03. The van der Waals surface area contributed by atoms with E-state index < -0.39 is 4.92 Å². The van der Waals surface area contributed by atoms with Gasteiger partial charge in [0.15, 0.2) is 5.13 Å². The highest BCUT2D eigenvalue weighted by molar-refractivity contribution is 7.99. The van der Waals surface area contributed by atoms with Gasteiger partial charge in [0.25, 0.3) is 11.6 Å². The molecule has 0 atom stereocenters. The molecule has 0 aliphatic heterocycles. The molecule has 31 heavy (non-hydrogen) atoms. The van der Waals surface area contributed by atoms with Crippen molar-refractivity contribution in [3.63, 3.8) is 0 Å². The van der Waals surface area contributed by atoms with Crippen LogP contribution in [0.15, 0.2) is 71.8 Å². The second kappa shape index (κ2) is 9.23. The first kappa shape index (κ1) is 21.0. The van der Waals surface area contributed by atoms with E-state index in [2.05, 4.69) is 16.9 Å². The Morgan fingerprint density at radius 2 is 1.97 bits per heavy atom. The summed E-state index contributed by atoms with van der Waals surface area (Å²) in [5, 5.41) is 11.6. The molecule has 0 aliphatic rings. The standard InChI is InChI=1S/C22H18N4O3S2/c1-2-30-18-9-6-15(7-10-18)21(27)25(14-16-5-3-4-12-23-16)22-24-19-11-8-17(26(28)29)13-20(19)31-22/h3-13H,2,14H2,1H3. The number of hydrogen-bond donors (Lipinski definition) is 0. The molecule has 9 heteroatoms. The van der Waals surface area contributed by atoms with Crippen LogP contribution in [-0.4, -0.2) is 26.6 Å². The third-order valence-corrected chi connectivity index (χ3v) is 6.44. The minimum absolute atomic E-state index is 0.00526. The van der Waals surface area contributed by atoms with Crippen molar-refractivity contribution in [1.82, 2.24) is 9.97 Å². The van der Waals surface area contributed by atoms with E-state index in [9.17, 15) is 14.9 Å². The average molecular weight is 451 g/mol. The van der Waals surface area contributed by atoms with Gasteiger partial charge in [-0.05, 0) is 48.2 Å². The molecule has 2 aromatic heterocycles. The lowest BCUT2D eigenvalue weighted by Gasteiger charge is -2.19. The number of nitrogens with zero attached hydrogens (tertiary/aromatic N) is 4. The summed E-state index contributed by atoms with van der Waals surface area (Å²) in [7, 11) is 0. The molecular formula is C22H18N4O3S2. The van der Waals surface area contributed by atoms with Gasteiger partial charge in [0.1, 0.15) is 0 Å². The van der Waals surface area contributed by atoms with Crippen molar-refractivity contribution >= 4 is 50.0 Å². The third kappa shape index (κ3) is 4.73. The molecular weight excluding hydrogens is 432 g/mol. The van der Waals surface area contributed by atoms with Crippen LogP contribution in [-0.2, 0) is 6.54 Å². The zero-order chi connectivity index (χ0) is 21.8. The van der Waals surface area contributed by atoms with Crippen LogP contribution in [0.3, 0.4) is 0 Å². The maximum atomic E-state index is 13.4. The number of aromatic nitrogens is 2. The highest BCUT2D eigenvalue weighted by Gasteiger charge is 2.23. The molecule has 1 amide bonds. The summed E-state index contributed by atoms with van der Waals surface area (Å²) in [5.74, 6) is 0.754. The van der Waals surface area contributed by atoms with Gasteiger partial charge in [0, 0.05) is 28.8 Å². The van der Waals surface area contributed by atoms with Gasteiger partial charge >= 0.3 is 0 Å². The third-order valence-electron chi connectivity index (χ3n) is 4.51. The summed E-state index contributed by atoms with van der Waals surface area (Å²) in [5.41, 5.74) is 1.87. The second-order valence-corrected chi connectivity index (χ2v) is 8.92. The largest absolute Gasteiger partial charge is 0.278 e. The fourth-order valence-corrected chi connectivity index (χ4v) is 4.68. The Kier molecular flexibility index (Phi) is 6.24. The quantitative estimate of drug-likeness (QED) is 0.208. The molecule has 0 bridgehead atoms. The van der Waals surface area contributed by atoms with E-state index in [-0.39, 0.29) is 18.1 Å². The molecule has 0 N–H and O–H groups in total. The molecule has 7 nitrogen and oxygen atoms in total. The number of nitro groups is 1. The summed E-state index contributed by atoms with van der Waals surface area (Å²) < 4.78 is 0.651. The van der Waals surface area contributed by atoms with E-state index in [1.54, 1.807) is 28.9 Å². The van der Waals surface area contributed by atoms with Gasteiger partial charge in [-0.2, -0.15) is 0 Å². The first-order valence-corrected chi connectivity index (χ1v) is 11.3. The van der Waals surface area contributed by atoms with Crippen molar-refractivity contribution in [3.8, 4) is 0 Å². The smallest absolute Gasteiger partial charge is 0.270 e. The molecule has 156 valence electrons. The van der Waals surface area contributed by atoms with Crippen LogP contribution < -0.4 is 4.90 Å². The number of carbonyl (C=O) groups is 1. The summed E-state index contributed by atoms with van der Waals surface area (Å²) in [6.45, 7) is 2.32. The lowest BCUT2D eigenvalue weighted by molar-refractivity contribution is -0.384. The van der Waals surface area contributed by atoms with Crippen LogP contribution in [0, 0.1) is 10.1 Å². The Hall–Kier alpha value is -3.30. The Morgan fingerprint density at radius 1 is 1.16 bits per heavy atom. The van der Waals surface area contributed by atoms with E-state index in [4.69, 9.17) is 0 Å². The van der Waals surface area contributed by atoms with E-state index in [0.29, 0.717) is 20.9 Å². The molecule has 0 aliphatic carbocycles. The molecule has 0 unspecified atom stereocenters. The van der Waals surface area contributed by atoms with Crippen molar-refractivity contribution in [2.24, 2.45) is 0 Å². The van der Waals surface area contributed by atoms with Gasteiger partial charge in [-0.3, -0.25) is 24.8 Å². The number of pyridine rings is 1. The number of thioether (sulfide) groups is 1. The Labute approximate surface area is 186 Å². The van der Waals surface area contributed by atoms with Crippen molar-refractivity contribution in [1.29, 1.82) is 0 Å². The van der Waals surface area contributed by atoms with Gasteiger partial charge in [-0.25, -0.2) is 4.98 Å². The monoisotopic (exact) mass is 450 g/mol. The van der Waals surface area contributed by atoms with Crippen LogP contribution in [0.5, 0.6) is 0 Å². The molecule has 4 rings (SSSR count). The van der Waals surface area contributed by atoms with E-state index in [0.717, 1.165) is 16.3 Å². The number of rotatable bonds is 7. The summed E-state index contributed by atoms with van der Waals surface area (Å²) in [6.07, 6.45) is 1.68. The predicted molar refractivity (Wildman–Crippen MR) is 124 cm³/mol. The summed E-state index contributed by atoms with van der Waals surface area (Å²) >= 11 is 2.96. The second-order valence-electron chi connectivity index (χ2n) is 6.58. The van der Waals surface area contributed by atoms with Crippen molar-refractivity contribution in [3.05, 3.63) is 88.2 Å². The summed E-state index contributed by atoms with van der Waals surface area (Å²) in [4.78, 5) is 35.7. The Balaban J connectivity index is 1.72. The minimum atomic E-state index is -0.439. The summed E-state index contributed by atoms with van der Waals surface area (Å²) in [6, 6.07) is 17.5. The molecule has 0 spiro atoms. The number of benzene rings is 2. The number of anilines is 1. The maximum absolute atomic E-state index is 13.4. The first-order chi connectivity index (χ1) is 15.0. The zero-order valence-electron chi connectivity index (χ0n) is 16.6. The number of non-ortho nitro benzene ring substituents is 1. The van der Waals surface area contributed by atoms with E-state index in [1.807, 2.05) is 42.5 Å². The Bertz CT molecular complexity index is 1230. The maximum Gasteiger partial charge on any atom is 0.270 e. The van der Waals surface area contributed by atoms with Gasteiger partial charge in [-0.15, -0.1) is 11.8 Å². The number of carbonyl (C=O) groups excluding carboxylic acids is 1. The molecule has 0 fully saturated rings. The van der Waals surface area contributed by atoms with Crippen molar-refractivity contribution in [2.45, 2.75) is 18.4 Å². The first-order valence-electron chi connectivity index (χ1n) is 9.55. The van der Waals surface area contributed by atoms with Gasteiger partial charge in [0.2, 0.25) is 0 Å². The van der Waals surface area contributed by atoms with Gasteiger partial charge in [-0.1, -0.05) is 24.3 Å². The van der Waals surface area contributed by atoms with E-state index >= 15 is 0 Å². The highest BCUT2D eigenvalue weighted by atomic mass is 32.2. The topological polar surface area (TPSA) is 89.2 Å². The van der Waals surface area contributed by atoms with Crippen molar-refractivity contribution in [2.75, 3.05) is 10.7 Å². The van der Waals surface area contributed by atoms with E-state index in [1.165, 1.54) is 23.5 Å². The number of thiazole rings is 1. The van der Waals surface area contributed by atoms with Crippen LogP contribution in [0.2, 0.25) is 0 Å². The van der Waals surface area contributed by atoms with Crippen LogP contribution in [0.1, 0.15) is 23.0 Å². The molecule has 0 saturated heterocycles. The fraction of sp³-hybridized carbons (Fsp3) is 0.136. The molecule has 2 heterocycles. The van der Waals surface area contributed by atoms with Crippen molar-refractivity contribution < 1.29 is 9.72 Å². The van der Waals surface area contributed by atoms with Crippen LogP contribution in [0.4, 0.5) is 10.8 Å². The number of hydrogen-bond acceptors (Lipinski definition) is 7. The van der Waals surface area contributed by atoms with Gasteiger partial charge < -0.3 is 0 Å². The zero-order valence-corrected chi connectivity index (χ0v) is 18.2. The Morgan fingerprint density at radius 3 is 2.65 bits per heavy atom. The number of fused-ring (bicyclic) bond motifs is 1. The molecule has 4 aromatic rings. The molecule has 0 saturated carbocycles. The normalized spacial score (nSPS) is 10.9. The molecule has 0 radical (unpaired) electrons.